The van der Waals surface area contributed by atoms with E-state index in [0.717, 1.165) is 11.1 Å². The predicted molar refractivity (Wildman–Crippen MR) is 81.6 cm³/mol. The lowest BCUT2D eigenvalue weighted by molar-refractivity contribution is 0.103. The fraction of sp³-hybridized carbons (Fsp3) is 0. The van der Waals surface area contributed by atoms with Gasteiger partial charge in [0, 0.05) is 17.7 Å². The molecule has 3 aromatic carbocycles. The highest BCUT2D eigenvalue weighted by molar-refractivity contribution is 6.09. The van der Waals surface area contributed by atoms with Crippen LogP contribution in [0.1, 0.15) is 15.9 Å². The highest BCUT2D eigenvalue weighted by Gasteiger charge is 2.20. The zero-order chi connectivity index (χ0) is 16.4. The number of carbonyl (C=O) groups is 1. The molecule has 0 aliphatic carbocycles. The van der Waals surface area contributed by atoms with Crippen LogP contribution in [0.4, 0.5) is 13.2 Å². The quantitative estimate of drug-likeness (QED) is 0.622. The van der Waals surface area contributed by atoms with Gasteiger partial charge in [-0.2, -0.15) is 0 Å². The van der Waals surface area contributed by atoms with E-state index in [4.69, 9.17) is 0 Å². The first-order chi connectivity index (χ1) is 11.1. The molecule has 0 aliphatic rings. The van der Waals surface area contributed by atoms with Gasteiger partial charge in [-0.15, -0.1) is 0 Å². The maximum absolute atomic E-state index is 13.7. The molecule has 23 heavy (non-hydrogen) atoms. The highest BCUT2D eigenvalue weighted by Crippen LogP contribution is 2.22. The third-order valence-electron chi connectivity index (χ3n) is 3.49. The summed E-state index contributed by atoms with van der Waals surface area (Å²) >= 11 is 0. The molecule has 3 rings (SSSR count). The third-order valence-corrected chi connectivity index (χ3v) is 3.49. The number of hydrogen-bond acceptors (Lipinski definition) is 1. The largest absolute Gasteiger partial charge is 0.288 e. The van der Waals surface area contributed by atoms with Gasteiger partial charge in [-0.25, -0.2) is 13.2 Å². The Balaban J connectivity index is 1.95. The Morgan fingerprint density at radius 1 is 0.696 bits per heavy atom. The van der Waals surface area contributed by atoms with Crippen molar-refractivity contribution in [2.24, 2.45) is 0 Å². The normalized spacial score (nSPS) is 10.6. The van der Waals surface area contributed by atoms with Gasteiger partial charge in [-0.1, -0.05) is 54.6 Å². The highest BCUT2D eigenvalue weighted by atomic mass is 19.1. The molecule has 1 nitrogen and oxygen atoms in total. The first kappa shape index (κ1) is 15.0. The molecular weight excluding hydrogens is 301 g/mol. The van der Waals surface area contributed by atoms with Crippen molar-refractivity contribution in [2.75, 3.05) is 0 Å². The van der Waals surface area contributed by atoms with Gasteiger partial charge in [0.05, 0.1) is 5.56 Å². The zero-order valence-corrected chi connectivity index (χ0v) is 11.9. The van der Waals surface area contributed by atoms with Crippen LogP contribution in [0.15, 0.2) is 66.7 Å². The van der Waals surface area contributed by atoms with Gasteiger partial charge in [-0.05, 0) is 11.1 Å². The Morgan fingerprint density at radius 2 is 1.22 bits per heavy atom. The van der Waals surface area contributed by atoms with E-state index in [0.29, 0.717) is 12.1 Å². The maximum atomic E-state index is 13.7. The van der Waals surface area contributed by atoms with Crippen LogP contribution in [-0.4, -0.2) is 5.78 Å². The standard InChI is InChI=1S/C19H11F3O/c20-15-10-16(21)18(17(22)11-15)19(23)14-8-6-13(7-9-14)12-4-2-1-3-5-12/h1-11H. The van der Waals surface area contributed by atoms with Crippen LogP contribution in [0.25, 0.3) is 11.1 Å². The van der Waals surface area contributed by atoms with Crippen molar-refractivity contribution in [1.29, 1.82) is 0 Å². The molecule has 0 aromatic heterocycles. The average Bonchev–Trinajstić information content (AvgIpc) is 2.55. The third kappa shape index (κ3) is 3.01. The van der Waals surface area contributed by atoms with Crippen LogP contribution in [0.5, 0.6) is 0 Å². The minimum atomic E-state index is -1.21. The van der Waals surface area contributed by atoms with Crippen molar-refractivity contribution in [1.82, 2.24) is 0 Å². The first-order valence-corrected chi connectivity index (χ1v) is 6.91. The van der Waals surface area contributed by atoms with Crippen LogP contribution in [0, 0.1) is 17.5 Å². The monoisotopic (exact) mass is 312 g/mol. The number of carbonyl (C=O) groups excluding carboxylic acids is 1. The molecule has 0 saturated carbocycles. The molecule has 0 spiro atoms. The van der Waals surface area contributed by atoms with Gasteiger partial charge >= 0.3 is 0 Å². The van der Waals surface area contributed by atoms with Crippen LogP contribution < -0.4 is 0 Å². The van der Waals surface area contributed by atoms with Gasteiger partial charge < -0.3 is 0 Å². The number of hydrogen-bond donors (Lipinski definition) is 0. The SMILES string of the molecule is O=C(c1ccc(-c2ccccc2)cc1)c1c(F)cc(F)cc1F. The van der Waals surface area contributed by atoms with E-state index in [1.54, 1.807) is 12.1 Å². The fourth-order valence-electron chi connectivity index (χ4n) is 2.35. The van der Waals surface area contributed by atoms with E-state index < -0.39 is 28.8 Å². The van der Waals surface area contributed by atoms with Crippen molar-refractivity contribution in [2.45, 2.75) is 0 Å². The summed E-state index contributed by atoms with van der Waals surface area (Å²) in [5.74, 6) is -4.30. The van der Waals surface area contributed by atoms with E-state index in [1.807, 2.05) is 30.3 Å². The molecular formula is C19H11F3O. The lowest BCUT2D eigenvalue weighted by atomic mass is 9.99. The Hall–Kier alpha value is -2.88. The van der Waals surface area contributed by atoms with Crippen molar-refractivity contribution >= 4 is 5.78 Å². The maximum Gasteiger partial charge on any atom is 0.198 e. The molecule has 0 aliphatic heterocycles. The van der Waals surface area contributed by atoms with Crippen molar-refractivity contribution in [3.8, 4) is 11.1 Å². The Kier molecular flexibility index (Phi) is 3.98. The van der Waals surface area contributed by atoms with Gasteiger partial charge in [0.2, 0.25) is 0 Å². The minimum Gasteiger partial charge on any atom is -0.288 e. The Morgan fingerprint density at radius 3 is 1.78 bits per heavy atom. The number of ketones is 1. The smallest absolute Gasteiger partial charge is 0.198 e. The minimum absolute atomic E-state index is 0.133. The first-order valence-electron chi connectivity index (χ1n) is 6.91. The summed E-state index contributed by atoms with van der Waals surface area (Å²) in [6.07, 6.45) is 0. The summed E-state index contributed by atoms with van der Waals surface area (Å²) in [7, 11) is 0. The predicted octanol–water partition coefficient (Wildman–Crippen LogP) is 5.00. The molecule has 0 saturated heterocycles. The number of benzene rings is 3. The summed E-state index contributed by atoms with van der Waals surface area (Å²) < 4.78 is 40.3. The van der Waals surface area contributed by atoms with E-state index in [2.05, 4.69) is 0 Å². The molecule has 0 amide bonds. The second-order valence-electron chi connectivity index (χ2n) is 5.02. The Labute approximate surface area is 131 Å². The van der Waals surface area contributed by atoms with Crippen LogP contribution in [0.2, 0.25) is 0 Å². The topological polar surface area (TPSA) is 17.1 Å². The molecule has 0 N–H and O–H groups in total. The van der Waals surface area contributed by atoms with Crippen molar-refractivity contribution in [3.63, 3.8) is 0 Å². The second-order valence-corrected chi connectivity index (χ2v) is 5.02. The van der Waals surface area contributed by atoms with Crippen molar-refractivity contribution in [3.05, 3.63) is 95.3 Å². The molecule has 114 valence electrons. The second kappa shape index (κ2) is 6.08. The fourth-order valence-corrected chi connectivity index (χ4v) is 2.35. The van der Waals surface area contributed by atoms with E-state index in [9.17, 15) is 18.0 Å². The molecule has 0 radical (unpaired) electrons. The molecule has 0 heterocycles. The van der Waals surface area contributed by atoms with Gasteiger partial charge in [0.15, 0.2) is 5.78 Å². The summed E-state index contributed by atoms with van der Waals surface area (Å²) in [5.41, 5.74) is 1.22. The number of rotatable bonds is 3. The van der Waals surface area contributed by atoms with Crippen LogP contribution in [-0.2, 0) is 0 Å². The lowest BCUT2D eigenvalue weighted by Gasteiger charge is -2.06. The molecule has 0 fully saturated rings. The lowest BCUT2D eigenvalue weighted by Crippen LogP contribution is -2.08. The molecule has 0 unspecified atom stereocenters. The summed E-state index contributed by atoms with van der Waals surface area (Å²) in [6, 6.07) is 16.9. The van der Waals surface area contributed by atoms with Gasteiger partial charge in [0.25, 0.3) is 0 Å². The summed E-state index contributed by atoms with van der Waals surface area (Å²) in [6.45, 7) is 0. The average molecular weight is 312 g/mol. The molecule has 3 aromatic rings. The Bertz CT molecular complexity index is 833. The molecule has 0 atom stereocenters. The summed E-state index contributed by atoms with van der Waals surface area (Å²) in [4.78, 5) is 12.2. The van der Waals surface area contributed by atoms with E-state index in [-0.39, 0.29) is 5.56 Å². The van der Waals surface area contributed by atoms with E-state index in [1.165, 1.54) is 12.1 Å². The zero-order valence-electron chi connectivity index (χ0n) is 11.9. The van der Waals surface area contributed by atoms with Crippen molar-refractivity contribution < 1.29 is 18.0 Å². The number of halogens is 3. The summed E-state index contributed by atoms with van der Waals surface area (Å²) in [5, 5.41) is 0. The van der Waals surface area contributed by atoms with Gasteiger partial charge in [0.1, 0.15) is 17.5 Å². The van der Waals surface area contributed by atoms with Crippen LogP contribution >= 0.6 is 0 Å². The van der Waals surface area contributed by atoms with Gasteiger partial charge in [-0.3, -0.25) is 4.79 Å². The van der Waals surface area contributed by atoms with E-state index >= 15 is 0 Å². The molecule has 4 heteroatoms. The molecule has 0 bridgehead atoms. The van der Waals surface area contributed by atoms with Crippen LogP contribution in [0.3, 0.4) is 0 Å².